The number of aliphatic hydroxyl groups excluding tert-OH is 1. The number of carbonyl (C=O) groups excluding carboxylic acids is 1. The zero-order valence-corrected chi connectivity index (χ0v) is 10.1. The fourth-order valence-corrected chi connectivity index (χ4v) is 1.18. The van der Waals surface area contributed by atoms with E-state index in [4.69, 9.17) is 9.84 Å². The van der Waals surface area contributed by atoms with Gasteiger partial charge in [-0.15, -0.1) is 0 Å². The number of amides is 1. The summed E-state index contributed by atoms with van der Waals surface area (Å²) in [6.45, 7) is 0.958. The molecule has 94 valence electrons. The number of aliphatic hydroxyl groups is 1. The van der Waals surface area contributed by atoms with E-state index in [0.29, 0.717) is 12.3 Å². The van der Waals surface area contributed by atoms with Gasteiger partial charge in [-0.3, -0.25) is 4.79 Å². The van der Waals surface area contributed by atoms with Gasteiger partial charge >= 0.3 is 0 Å². The molecule has 17 heavy (non-hydrogen) atoms. The van der Waals surface area contributed by atoms with Crippen LogP contribution >= 0.6 is 0 Å². The predicted molar refractivity (Wildman–Crippen MR) is 66.2 cm³/mol. The van der Waals surface area contributed by atoms with Crippen LogP contribution in [0.5, 0.6) is 5.75 Å². The molecule has 1 amide bonds. The monoisotopic (exact) mass is 238 g/mol. The number of anilines is 1. The third kappa shape index (κ3) is 5.33. The van der Waals surface area contributed by atoms with E-state index in [2.05, 4.69) is 5.32 Å². The highest BCUT2D eigenvalue weighted by Crippen LogP contribution is 2.15. The highest BCUT2D eigenvalue weighted by molar-refractivity contribution is 5.91. The average molecular weight is 238 g/mol. The molecule has 0 radical (unpaired) electrons. The fourth-order valence-electron chi connectivity index (χ4n) is 1.18. The maximum Gasteiger partial charge on any atom is 0.250 e. The van der Waals surface area contributed by atoms with E-state index in [-0.39, 0.29) is 0 Å². The van der Waals surface area contributed by atoms with Gasteiger partial charge in [-0.2, -0.15) is 0 Å². The Hall–Kier alpha value is -1.59. The molecule has 0 fully saturated rings. The third-order valence-corrected chi connectivity index (χ3v) is 2.09. The van der Waals surface area contributed by atoms with Gasteiger partial charge in [-0.25, -0.2) is 0 Å². The van der Waals surface area contributed by atoms with E-state index >= 15 is 0 Å². The molecule has 0 saturated heterocycles. The van der Waals surface area contributed by atoms with Gasteiger partial charge in [0.2, 0.25) is 5.91 Å². The lowest BCUT2D eigenvalue weighted by Gasteiger charge is -2.11. The first-order chi connectivity index (χ1) is 8.11. The van der Waals surface area contributed by atoms with Crippen LogP contribution in [-0.4, -0.2) is 49.8 Å². The van der Waals surface area contributed by atoms with Crippen LogP contribution in [-0.2, 0) is 4.79 Å². The van der Waals surface area contributed by atoms with Crippen LogP contribution in [0.15, 0.2) is 24.3 Å². The van der Waals surface area contributed by atoms with Crippen molar-refractivity contribution in [3.63, 3.8) is 0 Å². The van der Waals surface area contributed by atoms with Crippen LogP contribution in [0.2, 0.25) is 0 Å². The Balaban J connectivity index is 2.42. The number of benzene rings is 1. The Morgan fingerprint density at radius 3 is 2.53 bits per heavy atom. The second-order valence-corrected chi connectivity index (χ2v) is 3.88. The molecule has 1 aromatic rings. The first kappa shape index (κ1) is 13.5. The normalized spacial score (nSPS) is 10.4. The lowest BCUT2D eigenvalue weighted by Crippen LogP contribution is -2.19. The van der Waals surface area contributed by atoms with E-state index in [1.165, 1.54) is 0 Å². The van der Waals surface area contributed by atoms with Crippen molar-refractivity contribution < 1.29 is 14.6 Å². The smallest absolute Gasteiger partial charge is 0.250 e. The average Bonchev–Trinajstić information content (AvgIpc) is 2.31. The van der Waals surface area contributed by atoms with Gasteiger partial charge in [0.15, 0.2) is 0 Å². The molecule has 0 aromatic heterocycles. The number of ether oxygens (including phenoxy) is 1. The Morgan fingerprint density at radius 1 is 1.35 bits per heavy atom. The molecule has 0 spiro atoms. The number of likely N-dealkylation sites (N-methyl/N-ethyl adjacent to an activating group) is 1. The maximum atomic E-state index is 10.9. The lowest BCUT2D eigenvalue weighted by atomic mass is 10.3. The van der Waals surface area contributed by atoms with Crippen molar-refractivity contribution in [3.8, 4) is 5.75 Å². The van der Waals surface area contributed by atoms with Crippen LogP contribution < -0.4 is 10.1 Å². The molecule has 0 aliphatic heterocycles. The van der Waals surface area contributed by atoms with Gasteiger partial charge in [0.25, 0.3) is 0 Å². The number of nitrogens with zero attached hydrogens (tertiary/aromatic N) is 1. The van der Waals surface area contributed by atoms with Crippen LogP contribution in [0.3, 0.4) is 0 Å². The molecule has 0 saturated carbocycles. The molecular formula is C12H18N2O3. The van der Waals surface area contributed by atoms with Gasteiger partial charge in [-0.05, 0) is 38.4 Å². The summed E-state index contributed by atoms with van der Waals surface area (Å²) in [5.74, 6) is 0.333. The second kappa shape index (κ2) is 6.88. The summed E-state index contributed by atoms with van der Waals surface area (Å²) in [5, 5.41) is 11.1. The van der Waals surface area contributed by atoms with Gasteiger partial charge in [0.05, 0.1) is 0 Å². The summed E-state index contributed by atoms with van der Waals surface area (Å²) in [7, 11) is 3.97. The summed E-state index contributed by atoms with van der Waals surface area (Å²) in [6.07, 6.45) is 0. The van der Waals surface area contributed by atoms with Gasteiger partial charge in [0.1, 0.15) is 19.0 Å². The van der Waals surface area contributed by atoms with Gasteiger partial charge in [0, 0.05) is 12.2 Å². The van der Waals surface area contributed by atoms with Crippen molar-refractivity contribution in [2.24, 2.45) is 0 Å². The van der Waals surface area contributed by atoms with Crippen LogP contribution in [0.1, 0.15) is 0 Å². The zero-order valence-electron chi connectivity index (χ0n) is 10.1. The molecule has 5 heteroatoms. The largest absolute Gasteiger partial charge is 0.492 e. The maximum absolute atomic E-state index is 10.9. The SMILES string of the molecule is CN(C)CCOc1ccc(NC(=O)CO)cc1. The molecular weight excluding hydrogens is 220 g/mol. The number of carbonyl (C=O) groups is 1. The van der Waals surface area contributed by atoms with Crippen molar-refractivity contribution in [2.75, 3.05) is 39.2 Å². The van der Waals surface area contributed by atoms with Crippen LogP contribution in [0.25, 0.3) is 0 Å². The zero-order chi connectivity index (χ0) is 12.7. The number of rotatable bonds is 6. The van der Waals surface area contributed by atoms with Crippen LogP contribution in [0.4, 0.5) is 5.69 Å². The van der Waals surface area contributed by atoms with E-state index < -0.39 is 12.5 Å². The lowest BCUT2D eigenvalue weighted by molar-refractivity contribution is -0.118. The van der Waals surface area contributed by atoms with Gasteiger partial charge in [-0.1, -0.05) is 0 Å². The summed E-state index contributed by atoms with van der Waals surface area (Å²) in [4.78, 5) is 13.0. The topological polar surface area (TPSA) is 61.8 Å². The molecule has 0 aliphatic carbocycles. The highest BCUT2D eigenvalue weighted by atomic mass is 16.5. The predicted octanol–water partition coefficient (Wildman–Crippen LogP) is 0.558. The van der Waals surface area contributed by atoms with Crippen molar-refractivity contribution in [2.45, 2.75) is 0 Å². The second-order valence-electron chi connectivity index (χ2n) is 3.88. The van der Waals surface area contributed by atoms with Crippen molar-refractivity contribution in [3.05, 3.63) is 24.3 Å². The molecule has 0 atom stereocenters. The van der Waals surface area contributed by atoms with Gasteiger partial charge < -0.3 is 20.1 Å². The first-order valence-corrected chi connectivity index (χ1v) is 5.40. The quantitative estimate of drug-likeness (QED) is 0.760. The van der Waals surface area contributed by atoms with E-state index in [9.17, 15) is 4.79 Å². The van der Waals surface area contributed by atoms with E-state index in [1.54, 1.807) is 24.3 Å². The summed E-state index contributed by atoms with van der Waals surface area (Å²) < 4.78 is 5.50. The molecule has 5 nitrogen and oxygen atoms in total. The van der Waals surface area contributed by atoms with Crippen molar-refractivity contribution >= 4 is 11.6 Å². The molecule has 0 aliphatic rings. The molecule has 0 unspecified atom stereocenters. The molecule has 2 N–H and O–H groups in total. The minimum Gasteiger partial charge on any atom is -0.492 e. The standard InChI is InChI=1S/C12H18N2O3/c1-14(2)7-8-17-11-5-3-10(4-6-11)13-12(16)9-15/h3-6,15H,7-9H2,1-2H3,(H,13,16). The molecule has 0 bridgehead atoms. The number of nitrogens with one attached hydrogen (secondary N) is 1. The minimum atomic E-state index is -0.513. The summed E-state index contributed by atoms with van der Waals surface area (Å²) in [5.41, 5.74) is 0.643. The van der Waals surface area contributed by atoms with E-state index in [0.717, 1.165) is 12.3 Å². The first-order valence-electron chi connectivity index (χ1n) is 5.40. The van der Waals surface area contributed by atoms with Crippen molar-refractivity contribution in [1.29, 1.82) is 0 Å². The van der Waals surface area contributed by atoms with Crippen LogP contribution in [0, 0.1) is 0 Å². The third-order valence-electron chi connectivity index (χ3n) is 2.09. The highest BCUT2D eigenvalue weighted by Gasteiger charge is 2.00. The molecule has 1 rings (SSSR count). The minimum absolute atomic E-state index is 0.425. The fraction of sp³-hybridized carbons (Fsp3) is 0.417. The summed E-state index contributed by atoms with van der Waals surface area (Å²) >= 11 is 0. The number of hydrogen-bond acceptors (Lipinski definition) is 4. The Kier molecular flexibility index (Phi) is 5.45. The molecule has 0 heterocycles. The Bertz CT molecular complexity index is 349. The van der Waals surface area contributed by atoms with E-state index in [1.807, 2.05) is 19.0 Å². The van der Waals surface area contributed by atoms with Crippen molar-refractivity contribution in [1.82, 2.24) is 4.90 Å². The Morgan fingerprint density at radius 2 is 2.00 bits per heavy atom. The number of hydrogen-bond donors (Lipinski definition) is 2. The Labute approximate surface area is 101 Å². The molecule has 1 aromatic carbocycles. The summed E-state index contributed by atoms with van der Waals surface area (Å²) in [6, 6.07) is 7.03.